The van der Waals surface area contributed by atoms with Gasteiger partial charge in [0.05, 0.1) is 6.42 Å². The second kappa shape index (κ2) is 7.26. The second-order valence-corrected chi connectivity index (χ2v) is 4.47. The summed E-state index contributed by atoms with van der Waals surface area (Å²) in [6.07, 6.45) is -4.74. The number of rotatable bonds is 6. The van der Waals surface area contributed by atoms with Crippen molar-refractivity contribution in [2.45, 2.75) is 32.4 Å². The van der Waals surface area contributed by atoms with E-state index in [2.05, 4.69) is 0 Å². The second-order valence-electron chi connectivity index (χ2n) is 4.47. The monoisotopic (exact) mass is 291 g/mol. The maximum absolute atomic E-state index is 12.7. The fourth-order valence-electron chi connectivity index (χ4n) is 1.78. The molecule has 0 radical (unpaired) electrons. The molecule has 0 atom stereocenters. The Labute approximate surface area is 115 Å². The van der Waals surface area contributed by atoms with Crippen molar-refractivity contribution in [1.82, 2.24) is 4.90 Å². The van der Waals surface area contributed by atoms with E-state index < -0.39 is 12.6 Å². The average Bonchev–Trinajstić information content (AvgIpc) is 2.37. The zero-order valence-corrected chi connectivity index (χ0v) is 11.2. The number of amides is 1. The molecule has 0 bridgehead atoms. The average molecular weight is 291 g/mol. The van der Waals surface area contributed by atoms with Crippen molar-refractivity contribution < 1.29 is 22.4 Å². The molecular weight excluding hydrogens is 274 g/mol. The molecule has 0 aliphatic rings. The van der Waals surface area contributed by atoms with Gasteiger partial charge < -0.3 is 4.90 Å². The quantitative estimate of drug-likeness (QED) is 0.734. The van der Waals surface area contributed by atoms with Gasteiger partial charge in [-0.3, -0.25) is 4.79 Å². The molecule has 0 fully saturated rings. The number of benzene rings is 1. The largest absolute Gasteiger partial charge is 0.390 e. The molecule has 0 spiro atoms. The molecule has 6 heteroatoms. The smallest absolute Gasteiger partial charge is 0.343 e. The van der Waals surface area contributed by atoms with Gasteiger partial charge in [0.15, 0.2) is 0 Å². The SMILES string of the molecule is CCN(CCC(F)(F)F)C(=O)CCc1ccc(F)cc1. The van der Waals surface area contributed by atoms with E-state index >= 15 is 0 Å². The fourth-order valence-corrected chi connectivity index (χ4v) is 1.78. The summed E-state index contributed by atoms with van der Waals surface area (Å²) in [4.78, 5) is 13.0. The molecule has 0 aromatic heterocycles. The van der Waals surface area contributed by atoms with E-state index in [0.717, 1.165) is 5.56 Å². The third-order valence-electron chi connectivity index (χ3n) is 2.94. The molecule has 2 nitrogen and oxygen atoms in total. The van der Waals surface area contributed by atoms with Crippen molar-refractivity contribution in [3.63, 3.8) is 0 Å². The topological polar surface area (TPSA) is 20.3 Å². The Kier molecular flexibility index (Phi) is 5.98. The van der Waals surface area contributed by atoms with E-state index in [-0.39, 0.29) is 31.2 Å². The van der Waals surface area contributed by atoms with Gasteiger partial charge in [-0.05, 0) is 31.0 Å². The number of nitrogens with zero attached hydrogens (tertiary/aromatic N) is 1. The lowest BCUT2D eigenvalue weighted by atomic mass is 10.1. The van der Waals surface area contributed by atoms with Gasteiger partial charge in [-0.15, -0.1) is 0 Å². The first-order chi connectivity index (χ1) is 9.31. The summed E-state index contributed by atoms with van der Waals surface area (Å²) in [7, 11) is 0. The van der Waals surface area contributed by atoms with Crippen LogP contribution in [0.5, 0.6) is 0 Å². The fraction of sp³-hybridized carbons (Fsp3) is 0.500. The van der Waals surface area contributed by atoms with Crippen LogP contribution in [0.15, 0.2) is 24.3 Å². The Morgan fingerprint density at radius 3 is 2.30 bits per heavy atom. The van der Waals surface area contributed by atoms with E-state index in [0.29, 0.717) is 6.42 Å². The van der Waals surface area contributed by atoms with Crippen LogP contribution in [0.2, 0.25) is 0 Å². The number of carbonyl (C=O) groups excluding carboxylic acids is 1. The van der Waals surface area contributed by atoms with Crippen molar-refractivity contribution in [1.29, 1.82) is 0 Å². The number of hydrogen-bond acceptors (Lipinski definition) is 1. The number of carbonyl (C=O) groups is 1. The molecule has 0 aliphatic carbocycles. The zero-order chi connectivity index (χ0) is 15.2. The summed E-state index contributed by atoms with van der Waals surface area (Å²) < 4.78 is 49.1. The molecule has 0 saturated heterocycles. The van der Waals surface area contributed by atoms with Gasteiger partial charge in [0.25, 0.3) is 0 Å². The van der Waals surface area contributed by atoms with Crippen LogP contribution < -0.4 is 0 Å². The van der Waals surface area contributed by atoms with Gasteiger partial charge >= 0.3 is 6.18 Å². The highest BCUT2D eigenvalue weighted by Gasteiger charge is 2.28. The molecule has 0 aliphatic heterocycles. The van der Waals surface area contributed by atoms with E-state index in [1.807, 2.05) is 0 Å². The van der Waals surface area contributed by atoms with Crippen LogP contribution in [0.25, 0.3) is 0 Å². The third kappa shape index (κ3) is 6.04. The van der Waals surface area contributed by atoms with Gasteiger partial charge in [-0.1, -0.05) is 12.1 Å². The van der Waals surface area contributed by atoms with Crippen LogP contribution in [0.3, 0.4) is 0 Å². The highest BCUT2D eigenvalue weighted by molar-refractivity contribution is 5.76. The Bertz CT molecular complexity index is 428. The Morgan fingerprint density at radius 1 is 1.20 bits per heavy atom. The standard InChI is InChI=1S/C14H17F4NO/c1-2-19(10-9-14(16,17)18)13(20)8-5-11-3-6-12(15)7-4-11/h3-4,6-7H,2,5,8-10H2,1H3. The van der Waals surface area contributed by atoms with E-state index in [4.69, 9.17) is 0 Å². The summed E-state index contributed by atoms with van der Waals surface area (Å²) in [5, 5.41) is 0. The summed E-state index contributed by atoms with van der Waals surface area (Å²) >= 11 is 0. The maximum Gasteiger partial charge on any atom is 0.390 e. The number of hydrogen-bond donors (Lipinski definition) is 0. The summed E-state index contributed by atoms with van der Waals surface area (Å²) in [6.45, 7) is 1.58. The Hall–Kier alpha value is -1.59. The molecule has 1 aromatic carbocycles. The minimum Gasteiger partial charge on any atom is -0.343 e. The molecule has 0 heterocycles. The van der Waals surface area contributed by atoms with Gasteiger partial charge in [0, 0.05) is 19.5 Å². The van der Waals surface area contributed by atoms with Gasteiger partial charge in [0.1, 0.15) is 5.82 Å². The zero-order valence-electron chi connectivity index (χ0n) is 11.2. The molecule has 1 aromatic rings. The molecule has 20 heavy (non-hydrogen) atoms. The molecule has 0 unspecified atom stereocenters. The number of halogens is 4. The Balaban J connectivity index is 2.45. The highest BCUT2D eigenvalue weighted by Crippen LogP contribution is 2.20. The molecule has 0 N–H and O–H groups in total. The molecule has 1 amide bonds. The normalized spacial score (nSPS) is 11.4. The highest BCUT2D eigenvalue weighted by atomic mass is 19.4. The van der Waals surface area contributed by atoms with Crippen LogP contribution >= 0.6 is 0 Å². The van der Waals surface area contributed by atoms with E-state index in [9.17, 15) is 22.4 Å². The first-order valence-corrected chi connectivity index (χ1v) is 6.41. The van der Waals surface area contributed by atoms with Crippen LogP contribution in [-0.4, -0.2) is 30.1 Å². The maximum atomic E-state index is 12.7. The first kappa shape index (κ1) is 16.5. The van der Waals surface area contributed by atoms with Gasteiger partial charge in [0.2, 0.25) is 5.91 Å². The minimum absolute atomic E-state index is 0.122. The minimum atomic E-state index is -4.26. The van der Waals surface area contributed by atoms with Gasteiger partial charge in [-0.2, -0.15) is 13.2 Å². The van der Waals surface area contributed by atoms with Crippen molar-refractivity contribution in [2.24, 2.45) is 0 Å². The lowest BCUT2D eigenvalue weighted by Gasteiger charge is -2.21. The third-order valence-corrected chi connectivity index (χ3v) is 2.94. The molecule has 112 valence electrons. The molecule has 0 saturated carbocycles. The van der Waals surface area contributed by atoms with Crippen molar-refractivity contribution in [3.8, 4) is 0 Å². The molecule has 1 rings (SSSR count). The van der Waals surface area contributed by atoms with Crippen molar-refractivity contribution in [2.75, 3.05) is 13.1 Å². The molecular formula is C14H17F4NO. The number of aryl methyl sites for hydroxylation is 1. The van der Waals surface area contributed by atoms with Crippen LogP contribution in [0.1, 0.15) is 25.3 Å². The lowest BCUT2D eigenvalue weighted by Crippen LogP contribution is -2.34. The first-order valence-electron chi connectivity index (χ1n) is 6.41. The lowest BCUT2D eigenvalue weighted by molar-refractivity contribution is -0.145. The van der Waals surface area contributed by atoms with Gasteiger partial charge in [-0.25, -0.2) is 4.39 Å². The van der Waals surface area contributed by atoms with Crippen LogP contribution in [-0.2, 0) is 11.2 Å². The number of alkyl halides is 3. The van der Waals surface area contributed by atoms with Crippen LogP contribution in [0.4, 0.5) is 17.6 Å². The Morgan fingerprint density at radius 2 is 1.80 bits per heavy atom. The van der Waals surface area contributed by atoms with E-state index in [1.165, 1.54) is 17.0 Å². The summed E-state index contributed by atoms with van der Waals surface area (Å²) in [6, 6.07) is 5.71. The summed E-state index contributed by atoms with van der Waals surface area (Å²) in [5.41, 5.74) is 0.784. The van der Waals surface area contributed by atoms with Crippen molar-refractivity contribution >= 4 is 5.91 Å². The summed E-state index contributed by atoms with van der Waals surface area (Å²) in [5.74, 6) is -0.679. The predicted octanol–water partition coefficient (Wildman–Crippen LogP) is 3.56. The predicted molar refractivity (Wildman–Crippen MR) is 67.6 cm³/mol. The van der Waals surface area contributed by atoms with Crippen LogP contribution in [0, 0.1) is 5.82 Å². The van der Waals surface area contributed by atoms with Crippen molar-refractivity contribution in [3.05, 3.63) is 35.6 Å². The van der Waals surface area contributed by atoms with E-state index in [1.54, 1.807) is 19.1 Å².